The number of nitrogens with zero attached hydrogens (tertiary/aromatic N) is 1. The predicted molar refractivity (Wildman–Crippen MR) is 195 cm³/mol. The number of amides is 4. The summed E-state index contributed by atoms with van der Waals surface area (Å²) in [6.45, 7) is 6.59. The van der Waals surface area contributed by atoms with Gasteiger partial charge in [-0.1, -0.05) is 32.4 Å². The van der Waals surface area contributed by atoms with Gasteiger partial charge in [0.25, 0.3) is 5.91 Å². The van der Waals surface area contributed by atoms with E-state index in [9.17, 15) is 24.0 Å². The second-order valence-electron chi connectivity index (χ2n) is 15.2. The Bertz CT molecular complexity index is 1660. The number of halogens is 1. The van der Waals surface area contributed by atoms with E-state index in [0.29, 0.717) is 41.0 Å². The Morgan fingerprint density at radius 2 is 1.77 bits per heavy atom. The Kier molecular flexibility index (Phi) is 12.6. The number of Topliss-reactive ketones (excluding diaryl/α,β-unsaturated/α-hetero) is 1. The standard InChI is InChI=1S/C38H50ClN5O9/c1-7-8-9-26(32(46)35(48)40-23-10-11-23)41-34(47)28-20-38(19-27(43-53-38)24-17-25(39)30(51-6)18-29(24)50-5)21-44(28)36(49)33(37(2,3)4)42-31(45)16-22-12-14-52-15-13-22/h1,17-19,22-23,26,28,33,43H,8-16,20-21H2,2-6H3,(H,40,48)(H,41,47)(H,42,45)/t26?,28-,33+,38+/m0/s1. The van der Waals surface area contributed by atoms with Crippen LogP contribution in [0.15, 0.2) is 18.2 Å². The van der Waals surface area contributed by atoms with Gasteiger partial charge >= 0.3 is 0 Å². The molecule has 3 heterocycles. The molecular weight excluding hydrogens is 706 g/mol. The Balaban J connectivity index is 1.46. The van der Waals surface area contributed by atoms with Gasteiger partial charge in [0.2, 0.25) is 23.5 Å². The van der Waals surface area contributed by atoms with E-state index < -0.39 is 52.6 Å². The average Bonchev–Trinajstić information content (AvgIpc) is 3.72. The molecule has 1 aromatic carbocycles. The molecule has 53 heavy (non-hydrogen) atoms. The summed E-state index contributed by atoms with van der Waals surface area (Å²) < 4.78 is 16.4. The summed E-state index contributed by atoms with van der Waals surface area (Å²) in [6, 6.07) is -0.173. The van der Waals surface area contributed by atoms with Gasteiger partial charge in [-0.2, -0.15) is 0 Å². The highest BCUT2D eigenvalue weighted by Crippen LogP contribution is 2.42. The van der Waals surface area contributed by atoms with Crippen molar-refractivity contribution in [1.29, 1.82) is 0 Å². The summed E-state index contributed by atoms with van der Waals surface area (Å²) in [5, 5.41) is 8.69. The summed E-state index contributed by atoms with van der Waals surface area (Å²) in [6.07, 6.45) is 10.7. The first-order valence-corrected chi connectivity index (χ1v) is 18.4. The molecule has 0 bridgehead atoms. The Labute approximate surface area is 315 Å². The first-order valence-electron chi connectivity index (χ1n) is 18.0. The SMILES string of the molecule is C#CCCC(NC(=O)[C@@H]1C[C@]2(C=C(c3cc(Cl)c(OC)cc3OC)NO2)CN1C(=O)[C@@H](NC(=O)CC1CCOCC1)C(C)(C)C)C(=O)C(=O)NC1CC1. The zero-order valence-corrected chi connectivity index (χ0v) is 31.7. The maximum Gasteiger partial charge on any atom is 0.289 e. The minimum Gasteiger partial charge on any atom is -0.496 e. The molecule has 1 saturated carbocycles. The second-order valence-corrected chi connectivity index (χ2v) is 15.6. The van der Waals surface area contributed by atoms with E-state index in [1.807, 2.05) is 20.8 Å². The molecular formula is C38H50ClN5O9. The molecule has 1 aromatic rings. The maximum absolute atomic E-state index is 14.7. The molecule has 4 aliphatic rings. The van der Waals surface area contributed by atoms with Gasteiger partial charge in [-0.3, -0.25) is 34.3 Å². The number of benzene rings is 1. The smallest absolute Gasteiger partial charge is 0.289 e. The summed E-state index contributed by atoms with van der Waals surface area (Å²) in [5.41, 5.74) is 1.99. The Morgan fingerprint density at radius 1 is 1.08 bits per heavy atom. The van der Waals surface area contributed by atoms with Crippen LogP contribution in [0.3, 0.4) is 0 Å². The van der Waals surface area contributed by atoms with E-state index in [-0.39, 0.29) is 50.1 Å². The number of nitrogens with one attached hydrogen (secondary N) is 4. The third kappa shape index (κ3) is 9.62. The summed E-state index contributed by atoms with van der Waals surface area (Å²) in [5.74, 6) is 0.389. The third-order valence-corrected chi connectivity index (χ3v) is 10.3. The van der Waals surface area contributed by atoms with Gasteiger partial charge in [0.15, 0.2) is 0 Å². The molecule has 3 aliphatic heterocycles. The number of rotatable bonds is 14. The highest BCUT2D eigenvalue weighted by Gasteiger charge is 2.54. The molecule has 288 valence electrons. The van der Waals surface area contributed by atoms with Crippen molar-refractivity contribution in [2.24, 2.45) is 11.3 Å². The van der Waals surface area contributed by atoms with Crippen LogP contribution in [0.4, 0.5) is 0 Å². The van der Waals surface area contributed by atoms with Gasteiger partial charge in [0.1, 0.15) is 29.2 Å². The van der Waals surface area contributed by atoms with Gasteiger partial charge in [-0.15, -0.1) is 12.3 Å². The van der Waals surface area contributed by atoms with Crippen molar-refractivity contribution < 1.29 is 43.0 Å². The highest BCUT2D eigenvalue weighted by atomic mass is 35.5. The van der Waals surface area contributed by atoms with Crippen molar-refractivity contribution in [3.8, 4) is 23.8 Å². The van der Waals surface area contributed by atoms with Crippen LogP contribution < -0.4 is 30.9 Å². The van der Waals surface area contributed by atoms with E-state index in [0.717, 1.165) is 25.7 Å². The topological polar surface area (TPSA) is 174 Å². The average molecular weight is 756 g/mol. The van der Waals surface area contributed by atoms with E-state index in [1.165, 1.54) is 19.1 Å². The fourth-order valence-corrected chi connectivity index (χ4v) is 7.12. The van der Waals surface area contributed by atoms with Crippen LogP contribution in [-0.4, -0.2) is 98.1 Å². The van der Waals surface area contributed by atoms with Gasteiger partial charge in [0.05, 0.1) is 37.5 Å². The number of ether oxygens (including phenoxy) is 3. The second kappa shape index (κ2) is 16.8. The van der Waals surface area contributed by atoms with Crippen LogP contribution in [0.25, 0.3) is 5.70 Å². The van der Waals surface area contributed by atoms with Crippen molar-refractivity contribution >= 4 is 46.7 Å². The van der Waals surface area contributed by atoms with E-state index in [1.54, 1.807) is 18.2 Å². The monoisotopic (exact) mass is 755 g/mol. The number of ketones is 1. The fourth-order valence-electron chi connectivity index (χ4n) is 6.88. The minimum atomic E-state index is -1.22. The van der Waals surface area contributed by atoms with E-state index in [2.05, 4.69) is 27.4 Å². The maximum atomic E-state index is 14.7. The lowest BCUT2D eigenvalue weighted by molar-refractivity contribution is -0.145. The van der Waals surface area contributed by atoms with Gasteiger partial charge in [-0.05, 0) is 55.6 Å². The lowest BCUT2D eigenvalue weighted by Gasteiger charge is -2.36. The van der Waals surface area contributed by atoms with Crippen LogP contribution in [-0.2, 0) is 33.5 Å². The zero-order valence-electron chi connectivity index (χ0n) is 31.0. The lowest BCUT2D eigenvalue weighted by atomic mass is 9.85. The van der Waals surface area contributed by atoms with E-state index >= 15 is 0 Å². The predicted octanol–water partition coefficient (Wildman–Crippen LogP) is 2.67. The molecule has 4 atom stereocenters. The molecule has 3 fully saturated rings. The van der Waals surface area contributed by atoms with Crippen LogP contribution in [0.2, 0.25) is 5.02 Å². The molecule has 1 unspecified atom stereocenters. The number of carbonyl (C=O) groups excluding carboxylic acids is 5. The molecule has 4 N–H and O–H groups in total. The Hall–Kier alpha value is -4.32. The number of hydrogen-bond acceptors (Lipinski definition) is 10. The number of methoxy groups -OCH3 is 2. The van der Waals surface area contributed by atoms with Gasteiger partial charge < -0.3 is 35.1 Å². The number of terminal acetylenes is 1. The summed E-state index contributed by atoms with van der Waals surface area (Å²) >= 11 is 6.47. The highest BCUT2D eigenvalue weighted by molar-refractivity contribution is 6.38. The van der Waals surface area contributed by atoms with Crippen molar-refractivity contribution in [2.75, 3.05) is 34.0 Å². The Morgan fingerprint density at radius 3 is 2.40 bits per heavy atom. The van der Waals surface area contributed by atoms with Crippen molar-refractivity contribution in [3.63, 3.8) is 0 Å². The quantitative estimate of drug-likeness (QED) is 0.163. The normalized spacial score (nSPS) is 22.5. The largest absolute Gasteiger partial charge is 0.496 e. The molecule has 0 radical (unpaired) electrons. The van der Waals surface area contributed by atoms with Crippen molar-refractivity contribution in [1.82, 2.24) is 26.3 Å². The third-order valence-electron chi connectivity index (χ3n) is 10.1. The molecule has 2 saturated heterocycles. The van der Waals surface area contributed by atoms with Crippen LogP contribution in [0, 0.1) is 23.7 Å². The fraction of sp³-hybridized carbons (Fsp3) is 0.605. The summed E-state index contributed by atoms with van der Waals surface area (Å²) in [7, 11) is 2.99. The first kappa shape index (κ1) is 39.9. The van der Waals surface area contributed by atoms with Crippen LogP contribution in [0.5, 0.6) is 11.5 Å². The molecule has 1 aliphatic carbocycles. The number of carbonyl (C=O) groups is 5. The van der Waals surface area contributed by atoms with Crippen molar-refractivity contribution in [3.05, 3.63) is 28.8 Å². The zero-order chi connectivity index (χ0) is 38.5. The van der Waals surface area contributed by atoms with Gasteiger partial charge in [-0.25, -0.2) is 0 Å². The van der Waals surface area contributed by atoms with Crippen LogP contribution in [0.1, 0.15) is 77.7 Å². The van der Waals surface area contributed by atoms with Crippen LogP contribution >= 0.6 is 11.6 Å². The van der Waals surface area contributed by atoms with E-state index in [4.69, 9.17) is 37.1 Å². The lowest BCUT2D eigenvalue weighted by Crippen LogP contribution is -2.59. The summed E-state index contributed by atoms with van der Waals surface area (Å²) in [4.78, 5) is 75.9. The molecule has 5 rings (SSSR count). The number of hydroxylamine groups is 1. The minimum absolute atomic E-state index is 0.0233. The number of hydrogen-bond donors (Lipinski definition) is 4. The first-order chi connectivity index (χ1) is 25.2. The molecule has 14 nitrogen and oxygen atoms in total. The van der Waals surface area contributed by atoms with Gasteiger partial charge in [0, 0.05) is 50.1 Å². The molecule has 1 spiro atoms. The number of likely N-dealkylation sites (tertiary alicyclic amines) is 1. The van der Waals surface area contributed by atoms with Crippen molar-refractivity contribution in [2.45, 2.75) is 102 Å². The molecule has 0 aromatic heterocycles. The molecule has 15 heteroatoms. The molecule has 4 amide bonds.